The van der Waals surface area contributed by atoms with Gasteiger partial charge >= 0.3 is 0 Å². The smallest absolute Gasteiger partial charge is 0.188 e. The van der Waals surface area contributed by atoms with Crippen molar-refractivity contribution >= 4 is 11.3 Å². The molecule has 0 aliphatic heterocycles. The van der Waals surface area contributed by atoms with Crippen LogP contribution in [0.15, 0.2) is 18.5 Å². The van der Waals surface area contributed by atoms with E-state index < -0.39 is 0 Å². The summed E-state index contributed by atoms with van der Waals surface area (Å²) in [6, 6.07) is 1.80. The number of nitrogens with one attached hydrogen (secondary N) is 1. The van der Waals surface area contributed by atoms with Crippen molar-refractivity contribution < 1.29 is 4.74 Å². The van der Waals surface area contributed by atoms with Gasteiger partial charge in [-0.05, 0) is 26.8 Å². The Kier molecular flexibility index (Phi) is 4.80. The van der Waals surface area contributed by atoms with Gasteiger partial charge in [0.1, 0.15) is 0 Å². The fourth-order valence-electron chi connectivity index (χ4n) is 1.62. The summed E-state index contributed by atoms with van der Waals surface area (Å²) in [5, 5.41) is 4.31. The first-order valence-corrected chi connectivity index (χ1v) is 7.31. The predicted octanol–water partition coefficient (Wildman–Crippen LogP) is 2.63. The van der Waals surface area contributed by atoms with Crippen molar-refractivity contribution in [3.05, 3.63) is 29.0 Å². The molecule has 0 saturated carbocycles. The second-order valence-corrected chi connectivity index (χ2v) is 6.58. The standard InChI is InChI=1S/C14H20N4OS/c1-14(2,3)17-8-11-10(9-19-4)18-13(20-11)12-15-6-5-7-16-12/h5-7,17H,8-9H2,1-4H3. The van der Waals surface area contributed by atoms with Gasteiger partial charge in [-0.1, -0.05) is 0 Å². The van der Waals surface area contributed by atoms with Gasteiger partial charge in [-0.2, -0.15) is 0 Å². The molecule has 0 unspecified atom stereocenters. The molecule has 2 aromatic heterocycles. The van der Waals surface area contributed by atoms with Crippen LogP contribution in [0.2, 0.25) is 0 Å². The van der Waals surface area contributed by atoms with Gasteiger partial charge in [0.25, 0.3) is 0 Å². The van der Waals surface area contributed by atoms with Crippen LogP contribution in [0.5, 0.6) is 0 Å². The summed E-state index contributed by atoms with van der Waals surface area (Å²) in [6.07, 6.45) is 3.46. The summed E-state index contributed by atoms with van der Waals surface area (Å²) in [5.74, 6) is 0.664. The zero-order chi connectivity index (χ0) is 14.6. The van der Waals surface area contributed by atoms with E-state index in [9.17, 15) is 0 Å². The van der Waals surface area contributed by atoms with Gasteiger partial charge in [0.05, 0.1) is 12.3 Å². The first kappa shape index (κ1) is 15.0. The molecule has 0 fully saturated rings. The lowest BCUT2D eigenvalue weighted by molar-refractivity contribution is 0.181. The van der Waals surface area contributed by atoms with E-state index in [-0.39, 0.29) is 5.54 Å². The van der Waals surface area contributed by atoms with Crippen LogP contribution in [0, 0.1) is 0 Å². The molecule has 2 rings (SSSR count). The predicted molar refractivity (Wildman–Crippen MR) is 80.4 cm³/mol. The Labute approximate surface area is 123 Å². The fourth-order valence-corrected chi connectivity index (χ4v) is 2.57. The normalized spacial score (nSPS) is 11.8. The van der Waals surface area contributed by atoms with E-state index in [1.165, 1.54) is 4.88 Å². The van der Waals surface area contributed by atoms with E-state index in [4.69, 9.17) is 4.74 Å². The van der Waals surface area contributed by atoms with Crippen molar-refractivity contribution in [2.75, 3.05) is 7.11 Å². The van der Waals surface area contributed by atoms with E-state index in [1.54, 1.807) is 36.9 Å². The van der Waals surface area contributed by atoms with Crippen LogP contribution in [-0.4, -0.2) is 27.6 Å². The Balaban J connectivity index is 2.24. The fraction of sp³-hybridized carbons (Fsp3) is 0.500. The molecule has 0 aliphatic carbocycles. The highest BCUT2D eigenvalue weighted by Gasteiger charge is 2.16. The maximum Gasteiger partial charge on any atom is 0.188 e. The van der Waals surface area contributed by atoms with Crippen LogP contribution in [0.1, 0.15) is 31.3 Å². The van der Waals surface area contributed by atoms with E-state index >= 15 is 0 Å². The van der Waals surface area contributed by atoms with Crippen LogP contribution in [0.25, 0.3) is 10.8 Å². The van der Waals surface area contributed by atoms with Crippen molar-refractivity contribution in [2.24, 2.45) is 0 Å². The monoisotopic (exact) mass is 292 g/mol. The summed E-state index contributed by atoms with van der Waals surface area (Å²) in [5.41, 5.74) is 1.02. The van der Waals surface area contributed by atoms with Crippen molar-refractivity contribution in [2.45, 2.75) is 39.5 Å². The maximum absolute atomic E-state index is 5.23. The van der Waals surface area contributed by atoms with Crippen LogP contribution >= 0.6 is 11.3 Å². The van der Waals surface area contributed by atoms with E-state index in [2.05, 4.69) is 41.0 Å². The van der Waals surface area contributed by atoms with Crippen LogP contribution in [0.4, 0.5) is 0 Å². The van der Waals surface area contributed by atoms with E-state index in [1.807, 2.05) is 0 Å². The average molecular weight is 292 g/mol. The molecule has 0 amide bonds. The minimum absolute atomic E-state index is 0.0672. The molecule has 2 aromatic rings. The molecular weight excluding hydrogens is 272 g/mol. The lowest BCUT2D eigenvalue weighted by Crippen LogP contribution is -2.35. The zero-order valence-electron chi connectivity index (χ0n) is 12.3. The Morgan fingerprint density at radius 2 is 1.95 bits per heavy atom. The highest BCUT2D eigenvalue weighted by atomic mass is 32.1. The largest absolute Gasteiger partial charge is 0.378 e. The topological polar surface area (TPSA) is 59.9 Å². The summed E-state index contributed by atoms with van der Waals surface area (Å²) < 4.78 is 5.23. The van der Waals surface area contributed by atoms with Gasteiger partial charge in [-0.15, -0.1) is 11.3 Å². The molecule has 0 atom stereocenters. The third-order valence-electron chi connectivity index (χ3n) is 2.60. The first-order valence-electron chi connectivity index (χ1n) is 6.49. The summed E-state index contributed by atoms with van der Waals surface area (Å²) in [4.78, 5) is 14.3. The molecule has 0 aromatic carbocycles. The second kappa shape index (κ2) is 6.39. The molecular formula is C14H20N4OS. The van der Waals surface area contributed by atoms with Crippen LogP contribution in [0.3, 0.4) is 0 Å². The van der Waals surface area contributed by atoms with Crippen molar-refractivity contribution in [3.8, 4) is 10.8 Å². The van der Waals surface area contributed by atoms with Crippen LogP contribution in [-0.2, 0) is 17.9 Å². The highest BCUT2D eigenvalue weighted by Crippen LogP contribution is 2.26. The number of aromatic nitrogens is 3. The summed E-state index contributed by atoms with van der Waals surface area (Å²) in [7, 11) is 1.68. The average Bonchev–Trinajstić information content (AvgIpc) is 2.80. The molecule has 0 spiro atoms. The minimum atomic E-state index is 0.0672. The number of thiazole rings is 1. The lowest BCUT2D eigenvalue weighted by Gasteiger charge is -2.20. The number of rotatable bonds is 5. The molecule has 0 aliphatic rings. The number of hydrogen-bond acceptors (Lipinski definition) is 6. The molecule has 1 N–H and O–H groups in total. The highest BCUT2D eigenvalue weighted by molar-refractivity contribution is 7.15. The quantitative estimate of drug-likeness (QED) is 0.918. The SMILES string of the molecule is COCc1nc(-c2ncccn2)sc1CNC(C)(C)C. The van der Waals surface area contributed by atoms with Crippen LogP contribution < -0.4 is 5.32 Å². The third kappa shape index (κ3) is 4.06. The number of hydrogen-bond donors (Lipinski definition) is 1. The number of nitrogens with zero attached hydrogens (tertiary/aromatic N) is 3. The molecule has 2 heterocycles. The van der Waals surface area contributed by atoms with Gasteiger partial charge in [-0.25, -0.2) is 15.0 Å². The minimum Gasteiger partial charge on any atom is -0.378 e. The molecule has 20 heavy (non-hydrogen) atoms. The molecule has 0 saturated heterocycles. The second-order valence-electron chi connectivity index (χ2n) is 5.50. The Morgan fingerprint density at radius 3 is 2.55 bits per heavy atom. The number of methoxy groups -OCH3 is 1. The van der Waals surface area contributed by atoms with E-state index in [0.29, 0.717) is 12.4 Å². The van der Waals surface area contributed by atoms with Gasteiger partial charge in [0, 0.05) is 36.5 Å². The molecule has 0 bridgehead atoms. The number of ether oxygens (including phenoxy) is 1. The maximum atomic E-state index is 5.23. The Morgan fingerprint density at radius 1 is 1.25 bits per heavy atom. The molecule has 5 nitrogen and oxygen atoms in total. The van der Waals surface area contributed by atoms with Gasteiger partial charge in [-0.3, -0.25) is 0 Å². The zero-order valence-corrected chi connectivity index (χ0v) is 13.1. The lowest BCUT2D eigenvalue weighted by atomic mass is 10.1. The third-order valence-corrected chi connectivity index (χ3v) is 3.69. The summed E-state index contributed by atoms with van der Waals surface area (Å²) in [6.45, 7) is 7.71. The Bertz CT molecular complexity index is 548. The van der Waals surface area contributed by atoms with E-state index in [0.717, 1.165) is 17.2 Å². The van der Waals surface area contributed by atoms with Crippen molar-refractivity contribution in [1.82, 2.24) is 20.3 Å². The van der Waals surface area contributed by atoms with Crippen molar-refractivity contribution in [1.29, 1.82) is 0 Å². The first-order chi connectivity index (χ1) is 9.49. The molecule has 108 valence electrons. The van der Waals surface area contributed by atoms with Crippen molar-refractivity contribution in [3.63, 3.8) is 0 Å². The van der Waals surface area contributed by atoms with Gasteiger partial charge < -0.3 is 10.1 Å². The van der Waals surface area contributed by atoms with Gasteiger partial charge in [0.2, 0.25) is 0 Å². The van der Waals surface area contributed by atoms with Gasteiger partial charge in [0.15, 0.2) is 10.8 Å². The molecule has 0 radical (unpaired) electrons. The summed E-state index contributed by atoms with van der Waals surface area (Å²) >= 11 is 1.61. The Hall–Kier alpha value is -1.37. The molecule has 6 heteroatoms.